The highest BCUT2D eigenvalue weighted by atomic mass is 79.9. The van der Waals surface area contributed by atoms with Crippen molar-refractivity contribution in [1.29, 1.82) is 0 Å². The van der Waals surface area contributed by atoms with Crippen molar-refractivity contribution in [2.75, 3.05) is 0 Å². The molecule has 0 amide bonds. The predicted octanol–water partition coefficient (Wildman–Crippen LogP) is 4.13. The molecule has 1 unspecified atom stereocenters. The van der Waals surface area contributed by atoms with Gasteiger partial charge in [0.05, 0.1) is 0 Å². The van der Waals surface area contributed by atoms with Gasteiger partial charge in [-0.05, 0) is 29.5 Å². The lowest BCUT2D eigenvalue weighted by atomic mass is 10.0. The van der Waals surface area contributed by atoms with Gasteiger partial charge < -0.3 is 5.11 Å². The highest BCUT2D eigenvalue weighted by molar-refractivity contribution is 9.10. The summed E-state index contributed by atoms with van der Waals surface area (Å²) in [5.41, 5.74) is 3.53. The molecule has 1 atom stereocenters. The summed E-state index contributed by atoms with van der Waals surface area (Å²) in [5, 5.41) is 8.81. The third-order valence-electron chi connectivity index (χ3n) is 3.02. The van der Waals surface area contributed by atoms with Crippen LogP contribution >= 0.6 is 15.9 Å². The number of carbonyl (C=O) groups is 1. The van der Waals surface area contributed by atoms with Gasteiger partial charge in [0, 0.05) is 0 Å². The first kappa shape index (κ1) is 13.8. The molecule has 0 fully saturated rings. The number of halogens is 1. The Morgan fingerprint density at radius 3 is 2.16 bits per heavy atom. The Morgan fingerprint density at radius 2 is 1.58 bits per heavy atom. The van der Waals surface area contributed by atoms with Crippen LogP contribution in [-0.4, -0.2) is 15.9 Å². The Hall–Kier alpha value is -1.61. The Morgan fingerprint density at radius 1 is 1.00 bits per heavy atom. The maximum absolute atomic E-state index is 10.7. The normalized spacial score (nSPS) is 12.1. The van der Waals surface area contributed by atoms with Gasteiger partial charge in [0.15, 0.2) is 0 Å². The number of hydrogen-bond acceptors (Lipinski definition) is 1. The number of aryl methyl sites for hydroxylation is 1. The fraction of sp³-hybridized carbons (Fsp3) is 0.188. The molecule has 2 nitrogen and oxygen atoms in total. The molecule has 1 N–H and O–H groups in total. The number of benzene rings is 2. The predicted molar refractivity (Wildman–Crippen MR) is 80.5 cm³/mol. The van der Waals surface area contributed by atoms with Gasteiger partial charge in [-0.1, -0.05) is 70.5 Å². The highest BCUT2D eigenvalue weighted by Crippen LogP contribution is 2.20. The van der Waals surface area contributed by atoms with Crippen LogP contribution in [0.1, 0.15) is 12.0 Å². The minimum atomic E-state index is -0.805. The zero-order valence-corrected chi connectivity index (χ0v) is 12.0. The van der Waals surface area contributed by atoms with Crippen molar-refractivity contribution in [2.24, 2.45) is 0 Å². The number of aliphatic carboxylic acids is 1. The Bertz CT molecular complexity index is 534. The molecule has 0 aromatic heterocycles. The molecule has 0 aliphatic heterocycles. The molecule has 0 aliphatic rings. The van der Waals surface area contributed by atoms with Crippen molar-refractivity contribution >= 4 is 21.9 Å². The first-order chi connectivity index (χ1) is 9.16. The molecule has 0 heterocycles. The van der Waals surface area contributed by atoms with Crippen LogP contribution in [0.2, 0.25) is 0 Å². The lowest BCUT2D eigenvalue weighted by molar-refractivity contribution is -0.136. The quantitative estimate of drug-likeness (QED) is 0.841. The van der Waals surface area contributed by atoms with Gasteiger partial charge in [-0.15, -0.1) is 0 Å². The molecule has 0 bridgehead atoms. The average molecular weight is 319 g/mol. The lowest BCUT2D eigenvalue weighted by Crippen LogP contribution is -2.13. The Labute approximate surface area is 121 Å². The first-order valence-electron chi connectivity index (χ1n) is 6.18. The van der Waals surface area contributed by atoms with Crippen LogP contribution in [-0.2, 0) is 11.2 Å². The molecular formula is C16H15BrO2. The van der Waals surface area contributed by atoms with E-state index in [4.69, 9.17) is 5.11 Å². The van der Waals surface area contributed by atoms with E-state index in [-0.39, 0.29) is 0 Å². The summed E-state index contributed by atoms with van der Waals surface area (Å²) in [4.78, 5) is 10.2. The van der Waals surface area contributed by atoms with Crippen molar-refractivity contribution in [1.82, 2.24) is 0 Å². The monoisotopic (exact) mass is 318 g/mol. The van der Waals surface area contributed by atoms with Gasteiger partial charge in [0.25, 0.3) is 0 Å². The number of hydrogen-bond donors (Lipinski definition) is 1. The highest BCUT2D eigenvalue weighted by Gasteiger charge is 2.12. The summed E-state index contributed by atoms with van der Waals surface area (Å²) in [5.74, 6) is -0.805. The average Bonchev–Trinajstić information content (AvgIpc) is 2.46. The zero-order valence-electron chi connectivity index (χ0n) is 10.4. The molecule has 3 heteroatoms. The minimum absolute atomic E-state index is 0.471. The van der Waals surface area contributed by atoms with Crippen LogP contribution < -0.4 is 0 Å². The number of alkyl halides is 1. The van der Waals surface area contributed by atoms with Crippen LogP contribution in [0.4, 0.5) is 0 Å². The van der Waals surface area contributed by atoms with Crippen molar-refractivity contribution in [3.63, 3.8) is 0 Å². The molecule has 0 saturated heterocycles. The van der Waals surface area contributed by atoms with Crippen LogP contribution in [0.15, 0.2) is 54.6 Å². The van der Waals surface area contributed by atoms with Crippen molar-refractivity contribution in [3.8, 4) is 11.1 Å². The molecule has 0 spiro atoms. The summed E-state index contributed by atoms with van der Waals surface area (Å²) in [6.07, 6.45) is 1.36. The van der Waals surface area contributed by atoms with Gasteiger partial charge in [-0.2, -0.15) is 0 Å². The molecule has 19 heavy (non-hydrogen) atoms. The van der Waals surface area contributed by atoms with E-state index in [0.29, 0.717) is 6.42 Å². The van der Waals surface area contributed by atoms with E-state index in [2.05, 4.69) is 52.3 Å². The second-order valence-electron chi connectivity index (χ2n) is 4.41. The zero-order chi connectivity index (χ0) is 13.7. The smallest absolute Gasteiger partial charge is 0.317 e. The summed E-state index contributed by atoms with van der Waals surface area (Å²) in [6.45, 7) is 0. The first-order valence-corrected chi connectivity index (χ1v) is 7.09. The van der Waals surface area contributed by atoms with Gasteiger partial charge >= 0.3 is 5.97 Å². The van der Waals surface area contributed by atoms with E-state index >= 15 is 0 Å². The fourth-order valence-electron chi connectivity index (χ4n) is 1.91. The summed E-state index contributed by atoms with van der Waals surface area (Å²) in [7, 11) is 0. The summed E-state index contributed by atoms with van der Waals surface area (Å²) in [6, 6.07) is 18.5. The van der Waals surface area contributed by atoms with E-state index in [1.165, 1.54) is 11.1 Å². The van der Waals surface area contributed by atoms with Crippen molar-refractivity contribution in [2.45, 2.75) is 17.7 Å². The van der Waals surface area contributed by atoms with Gasteiger partial charge in [-0.3, -0.25) is 4.79 Å². The summed E-state index contributed by atoms with van der Waals surface area (Å²) >= 11 is 3.15. The Kier molecular flexibility index (Phi) is 4.74. The van der Waals surface area contributed by atoms with Crippen LogP contribution in [0.25, 0.3) is 11.1 Å². The lowest BCUT2D eigenvalue weighted by Gasteiger charge is -2.06. The van der Waals surface area contributed by atoms with Gasteiger partial charge in [0.1, 0.15) is 4.83 Å². The van der Waals surface area contributed by atoms with Gasteiger partial charge in [-0.25, -0.2) is 0 Å². The van der Waals surface area contributed by atoms with Crippen molar-refractivity contribution in [3.05, 3.63) is 60.2 Å². The third-order valence-corrected chi connectivity index (χ3v) is 3.86. The minimum Gasteiger partial charge on any atom is -0.480 e. The molecule has 0 aliphatic carbocycles. The SMILES string of the molecule is O=C(O)C(Br)CCc1ccc(-c2ccccc2)cc1. The van der Waals surface area contributed by atoms with Crippen molar-refractivity contribution < 1.29 is 9.90 Å². The maximum atomic E-state index is 10.7. The maximum Gasteiger partial charge on any atom is 0.317 e. The summed E-state index contributed by atoms with van der Waals surface area (Å²) < 4.78 is 0. The fourth-order valence-corrected chi connectivity index (χ4v) is 2.14. The van der Waals surface area contributed by atoms with Crippen LogP contribution in [0, 0.1) is 0 Å². The van der Waals surface area contributed by atoms with Gasteiger partial charge in [0.2, 0.25) is 0 Å². The molecule has 0 saturated carbocycles. The second-order valence-corrected chi connectivity index (χ2v) is 5.51. The number of carboxylic acids is 1. The van der Waals surface area contributed by atoms with Crippen LogP contribution in [0.5, 0.6) is 0 Å². The molecule has 2 rings (SSSR count). The number of rotatable bonds is 5. The topological polar surface area (TPSA) is 37.3 Å². The standard InChI is InChI=1S/C16H15BrO2/c17-15(16(18)19)11-8-12-6-9-14(10-7-12)13-4-2-1-3-5-13/h1-7,9-10,15H,8,11H2,(H,18,19). The third kappa shape index (κ3) is 3.93. The molecule has 2 aromatic rings. The van der Waals surface area contributed by atoms with E-state index < -0.39 is 10.8 Å². The largest absolute Gasteiger partial charge is 0.480 e. The second kappa shape index (κ2) is 6.53. The van der Waals surface area contributed by atoms with E-state index in [1.54, 1.807) is 0 Å². The number of carboxylic acid groups (broad SMARTS) is 1. The molecule has 98 valence electrons. The van der Waals surface area contributed by atoms with E-state index in [1.807, 2.05) is 18.2 Å². The molecular weight excluding hydrogens is 304 g/mol. The Balaban J connectivity index is 2.01. The molecule has 2 aromatic carbocycles. The van der Waals surface area contributed by atoms with Crippen LogP contribution in [0.3, 0.4) is 0 Å². The molecule has 0 radical (unpaired) electrons. The van der Waals surface area contributed by atoms with E-state index in [9.17, 15) is 4.79 Å². The van der Waals surface area contributed by atoms with E-state index in [0.717, 1.165) is 12.0 Å².